The fraction of sp³-hybridized carbons (Fsp3) is 1.00. The molecule has 0 radical (unpaired) electrons. The lowest BCUT2D eigenvalue weighted by Gasteiger charge is -2.02. The lowest BCUT2D eigenvalue weighted by atomic mass is 10.5. The second-order valence-electron chi connectivity index (χ2n) is 1.56. The van der Waals surface area contributed by atoms with E-state index in [4.69, 9.17) is 21.6 Å². The highest BCUT2D eigenvalue weighted by Crippen LogP contribution is 2.35. The fourth-order valence-electron chi connectivity index (χ4n) is 0.322. The van der Waals surface area contributed by atoms with Gasteiger partial charge in [-0.2, -0.15) is 0 Å². The van der Waals surface area contributed by atoms with Gasteiger partial charge >= 0.3 is 7.82 Å². The molecule has 0 aliphatic heterocycles. The molecule has 0 unspecified atom stereocenters. The molecule has 0 aliphatic carbocycles. The average molecular weight is 190 g/mol. The van der Waals surface area contributed by atoms with E-state index in [1.54, 1.807) is 0 Å². The monoisotopic (exact) mass is 189 g/mol. The van der Waals surface area contributed by atoms with E-state index in [-0.39, 0.29) is 6.61 Å². The first-order valence-corrected chi connectivity index (χ1v) is 4.50. The summed E-state index contributed by atoms with van der Waals surface area (Å²) in [6, 6.07) is 0. The van der Waals surface area contributed by atoms with Crippen molar-refractivity contribution in [2.45, 2.75) is 6.42 Å². The van der Waals surface area contributed by atoms with Crippen LogP contribution < -0.4 is 4.84 Å². The molecule has 0 aromatic rings. The smallest absolute Gasteiger partial charge is 0.303 e. The van der Waals surface area contributed by atoms with Gasteiger partial charge in [-0.1, -0.05) is 0 Å². The summed E-state index contributed by atoms with van der Waals surface area (Å²) in [4.78, 5) is 18.6. The number of hydrogen-bond donors (Lipinski definition) is 3. The van der Waals surface area contributed by atoms with E-state index in [0.717, 1.165) is 0 Å². The van der Waals surface area contributed by atoms with Crippen molar-refractivity contribution in [1.29, 1.82) is 0 Å². The maximum absolute atomic E-state index is 10.0. The Kier molecular flexibility index (Phi) is 5.25. The number of phosphoric acid groups is 1. The van der Waals surface area contributed by atoms with Crippen molar-refractivity contribution < 1.29 is 18.9 Å². The Morgan fingerprint density at radius 1 is 1.60 bits per heavy atom. The normalized spacial score (nSPS) is 11.9. The van der Waals surface area contributed by atoms with Gasteiger partial charge in [0.25, 0.3) is 0 Å². The third-order valence-electron chi connectivity index (χ3n) is 0.675. The van der Waals surface area contributed by atoms with E-state index < -0.39 is 7.82 Å². The second-order valence-corrected chi connectivity index (χ2v) is 3.07. The van der Waals surface area contributed by atoms with Gasteiger partial charge in [0.15, 0.2) is 0 Å². The SMILES string of the molecule is O=P(O)(O)OCCCNCl. The number of hydrogen-bond acceptors (Lipinski definition) is 3. The van der Waals surface area contributed by atoms with Crippen molar-refractivity contribution in [3.05, 3.63) is 0 Å². The van der Waals surface area contributed by atoms with E-state index in [0.29, 0.717) is 13.0 Å². The molecule has 0 spiro atoms. The lowest BCUT2D eigenvalue weighted by molar-refractivity contribution is 0.195. The molecule has 0 saturated heterocycles. The predicted octanol–water partition coefficient (Wildman–Crippen LogP) is 0.229. The Morgan fingerprint density at radius 3 is 2.60 bits per heavy atom. The highest BCUT2D eigenvalue weighted by Gasteiger charge is 2.11. The quantitative estimate of drug-likeness (QED) is 0.328. The molecule has 10 heavy (non-hydrogen) atoms. The molecule has 3 N–H and O–H groups in total. The predicted molar refractivity (Wildman–Crippen MR) is 36.5 cm³/mol. The van der Waals surface area contributed by atoms with E-state index in [1.807, 2.05) is 0 Å². The maximum Gasteiger partial charge on any atom is 0.469 e. The van der Waals surface area contributed by atoms with Crippen LogP contribution in [-0.2, 0) is 9.09 Å². The number of phosphoric ester groups is 1. The van der Waals surface area contributed by atoms with E-state index >= 15 is 0 Å². The zero-order valence-corrected chi connectivity index (χ0v) is 6.81. The lowest BCUT2D eigenvalue weighted by Crippen LogP contribution is -2.04. The summed E-state index contributed by atoms with van der Waals surface area (Å²) < 4.78 is 14.1. The molecule has 0 amide bonds. The molecule has 0 aliphatic rings. The third kappa shape index (κ3) is 8.36. The summed E-state index contributed by atoms with van der Waals surface area (Å²) in [5.74, 6) is 0. The molecule has 0 rings (SSSR count). The molecule has 0 fully saturated rings. The molecule has 0 saturated carbocycles. The highest BCUT2D eigenvalue weighted by molar-refractivity contribution is 7.46. The Labute approximate surface area is 63.7 Å². The summed E-state index contributed by atoms with van der Waals surface area (Å²) in [6.07, 6.45) is 0.467. The van der Waals surface area contributed by atoms with Gasteiger partial charge in [0.1, 0.15) is 0 Å². The van der Waals surface area contributed by atoms with Gasteiger partial charge in [-0.15, -0.1) is 0 Å². The topological polar surface area (TPSA) is 78.8 Å². The van der Waals surface area contributed by atoms with E-state index in [9.17, 15) is 4.57 Å². The highest BCUT2D eigenvalue weighted by atomic mass is 35.5. The van der Waals surface area contributed by atoms with Crippen LogP contribution in [0.1, 0.15) is 6.42 Å². The second kappa shape index (κ2) is 5.07. The summed E-state index contributed by atoms with van der Waals surface area (Å²) in [6.45, 7) is 0.464. The first-order chi connectivity index (χ1) is 4.56. The average Bonchev–Trinajstić information content (AvgIpc) is 1.78. The first-order valence-electron chi connectivity index (χ1n) is 2.60. The Hall–Kier alpha value is 0.360. The van der Waals surface area contributed by atoms with Crippen molar-refractivity contribution in [3.63, 3.8) is 0 Å². The molecular weight excluding hydrogens is 180 g/mol. The summed E-state index contributed by atoms with van der Waals surface area (Å²) in [7, 11) is -4.28. The minimum Gasteiger partial charge on any atom is -0.303 e. The third-order valence-corrected chi connectivity index (χ3v) is 1.38. The molecule has 7 heteroatoms. The molecule has 0 bridgehead atoms. The van der Waals surface area contributed by atoms with Crippen LogP contribution in [0.3, 0.4) is 0 Å². The zero-order chi connectivity index (χ0) is 8.04. The van der Waals surface area contributed by atoms with Gasteiger partial charge in [0.05, 0.1) is 6.61 Å². The largest absolute Gasteiger partial charge is 0.469 e. The standard InChI is InChI=1S/C3H9ClNO4P/c4-5-2-1-3-9-10(6,7)8/h5H,1-3H2,(H2,6,7,8). The van der Waals surface area contributed by atoms with Crippen LogP contribution in [0, 0.1) is 0 Å². The van der Waals surface area contributed by atoms with Gasteiger partial charge < -0.3 is 9.79 Å². The van der Waals surface area contributed by atoms with E-state index in [2.05, 4.69) is 9.36 Å². The number of nitrogens with one attached hydrogen (secondary N) is 1. The minimum atomic E-state index is -4.28. The zero-order valence-electron chi connectivity index (χ0n) is 5.16. The van der Waals surface area contributed by atoms with Crippen LogP contribution in [0.4, 0.5) is 0 Å². The van der Waals surface area contributed by atoms with Gasteiger partial charge in [0, 0.05) is 6.54 Å². The van der Waals surface area contributed by atoms with Crippen molar-refractivity contribution in [2.24, 2.45) is 0 Å². The van der Waals surface area contributed by atoms with Crippen LogP contribution >= 0.6 is 19.6 Å². The first kappa shape index (κ1) is 10.4. The molecular formula is C3H9ClNO4P. The Balaban J connectivity index is 3.13. The Bertz CT molecular complexity index is 126. The molecule has 0 aromatic carbocycles. The van der Waals surface area contributed by atoms with Gasteiger partial charge in [-0.05, 0) is 18.2 Å². The van der Waals surface area contributed by atoms with Crippen LogP contribution in [0.2, 0.25) is 0 Å². The molecule has 0 aromatic heterocycles. The summed E-state index contributed by atoms with van der Waals surface area (Å²) in [5.41, 5.74) is 0. The van der Waals surface area contributed by atoms with Crippen molar-refractivity contribution in [2.75, 3.05) is 13.2 Å². The van der Waals surface area contributed by atoms with Gasteiger partial charge in [-0.3, -0.25) is 4.52 Å². The van der Waals surface area contributed by atoms with Crippen LogP contribution in [0.5, 0.6) is 0 Å². The van der Waals surface area contributed by atoms with E-state index in [1.165, 1.54) is 0 Å². The maximum atomic E-state index is 10.0. The van der Waals surface area contributed by atoms with Gasteiger partial charge in [0.2, 0.25) is 0 Å². The van der Waals surface area contributed by atoms with Crippen LogP contribution in [0.25, 0.3) is 0 Å². The molecule has 0 atom stereocenters. The van der Waals surface area contributed by atoms with Crippen molar-refractivity contribution in [1.82, 2.24) is 4.84 Å². The van der Waals surface area contributed by atoms with Crippen molar-refractivity contribution >= 4 is 19.6 Å². The number of halogens is 1. The van der Waals surface area contributed by atoms with Crippen LogP contribution in [-0.4, -0.2) is 22.9 Å². The Morgan fingerprint density at radius 2 is 2.20 bits per heavy atom. The fourth-order valence-corrected chi connectivity index (χ4v) is 0.823. The van der Waals surface area contributed by atoms with Gasteiger partial charge in [-0.25, -0.2) is 9.40 Å². The molecule has 0 heterocycles. The number of rotatable bonds is 5. The molecule has 62 valence electrons. The minimum absolute atomic E-state index is 0.00397. The summed E-state index contributed by atoms with van der Waals surface area (Å²) >= 11 is 5.05. The van der Waals surface area contributed by atoms with Crippen molar-refractivity contribution in [3.8, 4) is 0 Å². The van der Waals surface area contributed by atoms with Crippen LogP contribution in [0.15, 0.2) is 0 Å². The molecule has 5 nitrogen and oxygen atoms in total. The summed E-state index contributed by atoms with van der Waals surface area (Å²) in [5, 5.41) is 0.